The summed E-state index contributed by atoms with van der Waals surface area (Å²) < 4.78 is 24.0. The summed E-state index contributed by atoms with van der Waals surface area (Å²) in [6, 6.07) is 5.30. The Morgan fingerprint density at radius 1 is 1.19 bits per heavy atom. The van der Waals surface area contributed by atoms with Gasteiger partial charge < -0.3 is 14.8 Å². The molecule has 1 aromatic rings. The van der Waals surface area contributed by atoms with Gasteiger partial charge in [-0.3, -0.25) is 4.90 Å². The van der Waals surface area contributed by atoms with Crippen LogP contribution in [0.2, 0.25) is 0 Å². The molecule has 4 nitrogen and oxygen atoms in total. The van der Waals surface area contributed by atoms with Crippen molar-refractivity contribution in [3.05, 3.63) is 23.8 Å². The first-order chi connectivity index (χ1) is 9.30. The van der Waals surface area contributed by atoms with Gasteiger partial charge in [0.15, 0.2) is 0 Å². The predicted molar refractivity (Wildman–Crippen MR) is 87.2 cm³/mol. The highest BCUT2D eigenvalue weighted by Gasteiger charge is 2.25. The minimum atomic E-state index is -0.414. The highest BCUT2D eigenvalue weighted by atomic mass is 35.5. The summed E-state index contributed by atoms with van der Waals surface area (Å²) in [6.07, 6.45) is 0. The quantitative estimate of drug-likeness (QED) is 0.892. The Morgan fingerprint density at radius 2 is 1.86 bits per heavy atom. The van der Waals surface area contributed by atoms with Gasteiger partial charge in [-0.15, -0.1) is 24.8 Å². The lowest BCUT2D eigenvalue weighted by Crippen LogP contribution is -2.45. The number of hydrogen-bond acceptors (Lipinski definition) is 4. The zero-order chi connectivity index (χ0) is 13.7. The predicted octanol–water partition coefficient (Wildman–Crippen LogP) is 2.46. The first-order valence-corrected chi connectivity index (χ1v) is 6.52. The molecule has 0 bridgehead atoms. The molecule has 1 aliphatic rings. The van der Waals surface area contributed by atoms with Gasteiger partial charge in [0, 0.05) is 37.8 Å². The maximum absolute atomic E-state index is 13.5. The molecule has 1 atom stereocenters. The van der Waals surface area contributed by atoms with E-state index in [9.17, 15) is 4.39 Å². The molecular weight excluding hydrogens is 318 g/mol. The SMILES string of the molecule is COc1ccc([C@@H](CF)N2CCNCC2)c(OC)c1.Cl.Cl. The van der Waals surface area contributed by atoms with Crippen molar-refractivity contribution in [3.8, 4) is 11.5 Å². The summed E-state index contributed by atoms with van der Waals surface area (Å²) in [4.78, 5) is 2.15. The number of benzene rings is 1. The number of hydrogen-bond donors (Lipinski definition) is 1. The highest BCUT2D eigenvalue weighted by Crippen LogP contribution is 2.33. The van der Waals surface area contributed by atoms with E-state index < -0.39 is 6.67 Å². The molecule has 2 rings (SSSR count). The molecule has 1 aromatic carbocycles. The molecule has 0 radical (unpaired) electrons. The minimum Gasteiger partial charge on any atom is -0.497 e. The molecule has 1 N–H and O–H groups in total. The molecule has 122 valence electrons. The van der Waals surface area contributed by atoms with Crippen molar-refractivity contribution in [2.75, 3.05) is 47.1 Å². The average molecular weight is 341 g/mol. The largest absolute Gasteiger partial charge is 0.497 e. The molecule has 1 aliphatic heterocycles. The van der Waals surface area contributed by atoms with Crippen LogP contribution in [0.3, 0.4) is 0 Å². The first kappa shape index (κ1) is 20.2. The second kappa shape index (κ2) is 10.1. The molecule has 0 aliphatic carbocycles. The second-order valence-corrected chi connectivity index (χ2v) is 4.56. The monoisotopic (exact) mass is 340 g/mol. The van der Waals surface area contributed by atoms with Gasteiger partial charge in [-0.25, -0.2) is 4.39 Å². The van der Waals surface area contributed by atoms with Gasteiger partial charge in [0.2, 0.25) is 0 Å². The van der Waals surface area contributed by atoms with E-state index in [-0.39, 0.29) is 30.9 Å². The summed E-state index contributed by atoms with van der Waals surface area (Å²) in [5.74, 6) is 1.40. The van der Waals surface area contributed by atoms with Crippen molar-refractivity contribution in [1.29, 1.82) is 0 Å². The Morgan fingerprint density at radius 3 is 2.38 bits per heavy atom. The van der Waals surface area contributed by atoms with Crippen molar-refractivity contribution in [2.24, 2.45) is 0 Å². The zero-order valence-corrected chi connectivity index (χ0v) is 13.9. The lowest BCUT2D eigenvalue weighted by atomic mass is 10.0. The molecule has 7 heteroatoms. The fourth-order valence-corrected chi connectivity index (χ4v) is 2.46. The van der Waals surface area contributed by atoms with Crippen LogP contribution in [-0.2, 0) is 0 Å². The Labute approximate surface area is 137 Å². The third-order valence-electron chi connectivity index (χ3n) is 3.54. The van der Waals surface area contributed by atoms with Crippen LogP contribution in [0, 0.1) is 0 Å². The molecule has 1 heterocycles. The Hall–Kier alpha value is -0.750. The molecule has 0 aromatic heterocycles. The number of nitrogens with one attached hydrogen (secondary N) is 1. The van der Waals surface area contributed by atoms with Gasteiger partial charge in [0.05, 0.1) is 20.3 Å². The summed E-state index contributed by atoms with van der Waals surface area (Å²) in [5.41, 5.74) is 0.882. The summed E-state index contributed by atoms with van der Waals surface area (Å²) in [5, 5.41) is 3.28. The van der Waals surface area contributed by atoms with E-state index in [1.807, 2.05) is 12.1 Å². The molecule has 21 heavy (non-hydrogen) atoms. The Kier molecular flexibility index (Phi) is 9.70. The maximum atomic E-state index is 13.5. The average Bonchev–Trinajstić information content (AvgIpc) is 2.49. The van der Waals surface area contributed by atoms with E-state index in [0.29, 0.717) is 5.75 Å². The van der Waals surface area contributed by atoms with E-state index in [0.717, 1.165) is 37.5 Å². The van der Waals surface area contributed by atoms with Gasteiger partial charge >= 0.3 is 0 Å². The van der Waals surface area contributed by atoms with E-state index in [1.54, 1.807) is 20.3 Å². The normalized spacial score (nSPS) is 16.3. The van der Waals surface area contributed by atoms with Crippen LogP contribution in [-0.4, -0.2) is 52.0 Å². The Balaban J connectivity index is 0.00000200. The minimum absolute atomic E-state index is 0. The second-order valence-electron chi connectivity index (χ2n) is 4.56. The van der Waals surface area contributed by atoms with Crippen molar-refractivity contribution in [3.63, 3.8) is 0 Å². The lowest BCUT2D eigenvalue weighted by molar-refractivity contribution is 0.145. The van der Waals surface area contributed by atoms with Crippen LogP contribution in [0.1, 0.15) is 11.6 Å². The van der Waals surface area contributed by atoms with E-state index in [2.05, 4.69) is 10.2 Å². The standard InChI is InChI=1S/C14H21FN2O2.2ClH/c1-18-11-3-4-12(14(9-11)19-2)13(10-15)17-7-5-16-6-8-17;;/h3-4,9,13,16H,5-8,10H2,1-2H3;2*1H/t13-;;/m1../s1. The highest BCUT2D eigenvalue weighted by molar-refractivity contribution is 5.85. The number of halogens is 3. The number of methoxy groups -OCH3 is 2. The molecule has 1 saturated heterocycles. The van der Waals surface area contributed by atoms with Crippen LogP contribution in [0.15, 0.2) is 18.2 Å². The summed E-state index contributed by atoms with van der Waals surface area (Å²) in [7, 11) is 3.21. The van der Waals surface area contributed by atoms with Gasteiger partial charge in [-0.1, -0.05) is 0 Å². The summed E-state index contributed by atoms with van der Waals surface area (Å²) >= 11 is 0. The fraction of sp³-hybridized carbons (Fsp3) is 0.571. The molecule has 0 amide bonds. The van der Waals surface area contributed by atoms with Gasteiger partial charge in [0.1, 0.15) is 18.2 Å². The number of rotatable bonds is 5. The van der Waals surface area contributed by atoms with E-state index >= 15 is 0 Å². The van der Waals surface area contributed by atoms with E-state index in [1.165, 1.54) is 0 Å². The van der Waals surface area contributed by atoms with Gasteiger partial charge in [0.25, 0.3) is 0 Å². The first-order valence-electron chi connectivity index (χ1n) is 6.52. The third-order valence-corrected chi connectivity index (χ3v) is 3.54. The number of ether oxygens (including phenoxy) is 2. The molecule has 0 spiro atoms. The van der Waals surface area contributed by atoms with Crippen LogP contribution in [0.5, 0.6) is 11.5 Å². The maximum Gasteiger partial charge on any atom is 0.127 e. The topological polar surface area (TPSA) is 33.7 Å². The molecular formula is C14H23Cl2FN2O2. The third kappa shape index (κ3) is 4.88. The summed E-state index contributed by atoms with van der Waals surface area (Å²) in [6.45, 7) is 3.08. The number of alkyl halides is 1. The number of piperazine rings is 1. The van der Waals surface area contributed by atoms with Gasteiger partial charge in [-0.05, 0) is 12.1 Å². The van der Waals surface area contributed by atoms with Crippen molar-refractivity contribution < 1.29 is 13.9 Å². The fourth-order valence-electron chi connectivity index (χ4n) is 2.46. The van der Waals surface area contributed by atoms with Crippen LogP contribution in [0.25, 0.3) is 0 Å². The van der Waals surface area contributed by atoms with Crippen LogP contribution >= 0.6 is 24.8 Å². The number of nitrogens with zero attached hydrogens (tertiary/aromatic N) is 1. The Bertz CT molecular complexity index is 418. The molecule has 0 saturated carbocycles. The van der Waals surface area contributed by atoms with Gasteiger partial charge in [-0.2, -0.15) is 0 Å². The van der Waals surface area contributed by atoms with Crippen molar-refractivity contribution in [2.45, 2.75) is 6.04 Å². The van der Waals surface area contributed by atoms with Crippen molar-refractivity contribution >= 4 is 24.8 Å². The van der Waals surface area contributed by atoms with Crippen LogP contribution < -0.4 is 14.8 Å². The molecule has 1 fully saturated rings. The zero-order valence-electron chi connectivity index (χ0n) is 12.3. The molecule has 0 unspecified atom stereocenters. The van der Waals surface area contributed by atoms with E-state index in [4.69, 9.17) is 9.47 Å². The smallest absolute Gasteiger partial charge is 0.127 e. The lowest BCUT2D eigenvalue weighted by Gasteiger charge is -2.34. The van der Waals surface area contributed by atoms with Crippen LogP contribution in [0.4, 0.5) is 4.39 Å². The van der Waals surface area contributed by atoms with Crippen molar-refractivity contribution in [1.82, 2.24) is 10.2 Å².